The molecule has 1 rings (SSSR count). The third kappa shape index (κ3) is 4.46. The second kappa shape index (κ2) is 6.33. The molecule has 1 aromatic rings. The number of benzene rings is 1. The molecule has 0 aliphatic carbocycles. The molecule has 0 aliphatic rings. The zero-order chi connectivity index (χ0) is 14.6. The lowest BCUT2D eigenvalue weighted by atomic mass is 10.1. The number of nitrogens with zero attached hydrogens (tertiary/aromatic N) is 1. The van der Waals surface area contributed by atoms with Gasteiger partial charge in [0.1, 0.15) is 18.3 Å². The second-order valence-electron chi connectivity index (χ2n) is 3.50. The summed E-state index contributed by atoms with van der Waals surface area (Å²) in [6, 6.07) is 4.50. The molecule has 0 fully saturated rings. The third-order valence-electron chi connectivity index (χ3n) is 2.17. The van der Waals surface area contributed by atoms with Crippen molar-refractivity contribution in [3.8, 4) is 5.75 Å². The summed E-state index contributed by atoms with van der Waals surface area (Å²) in [7, 11) is 0. The highest BCUT2D eigenvalue weighted by Crippen LogP contribution is 2.31. The van der Waals surface area contributed by atoms with Gasteiger partial charge in [0.25, 0.3) is 0 Å². The number of nitrogens with two attached hydrogens (primary N) is 1. The molecule has 106 valence electrons. The van der Waals surface area contributed by atoms with Gasteiger partial charge in [0, 0.05) is 4.47 Å². The minimum Gasteiger partial charge on any atom is -0.491 e. The zero-order valence-electron chi connectivity index (χ0n) is 9.29. The van der Waals surface area contributed by atoms with Crippen LogP contribution in [0, 0.1) is 5.92 Å². The van der Waals surface area contributed by atoms with Crippen molar-refractivity contribution >= 4 is 33.4 Å². The van der Waals surface area contributed by atoms with E-state index in [2.05, 4.69) is 21.1 Å². The maximum Gasteiger partial charge on any atom is 0.402 e. The number of amidine groups is 1. The molecule has 0 saturated heterocycles. The van der Waals surface area contributed by atoms with Crippen LogP contribution in [0.2, 0.25) is 5.02 Å². The van der Waals surface area contributed by atoms with Crippen molar-refractivity contribution < 1.29 is 23.1 Å². The summed E-state index contributed by atoms with van der Waals surface area (Å²) < 4.78 is 43.5. The Morgan fingerprint density at radius 1 is 1.53 bits per heavy atom. The Morgan fingerprint density at radius 2 is 2.16 bits per heavy atom. The largest absolute Gasteiger partial charge is 0.491 e. The minimum absolute atomic E-state index is 0.0658. The molecule has 3 N–H and O–H groups in total. The number of alkyl halides is 3. The molecule has 9 heteroatoms. The average molecular weight is 362 g/mol. The van der Waals surface area contributed by atoms with Crippen molar-refractivity contribution in [3.63, 3.8) is 0 Å². The van der Waals surface area contributed by atoms with Crippen molar-refractivity contribution in [2.45, 2.75) is 6.18 Å². The smallest absolute Gasteiger partial charge is 0.402 e. The van der Waals surface area contributed by atoms with E-state index in [4.69, 9.17) is 27.3 Å². The molecular formula is C10H9BrClF3N2O2. The molecule has 0 saturated carbocycles. The highest BCUT2D eigenvalue weighted by atomic mass is 79.9. The van der Waals surface area contributed by atoms with Crippen molar-refractivity contribution in [3.05, 3.63) is 27.7 Å². The minimum atomic E-state index is -4.69. The first-order valence-electron chi connectivity index (χ1n) is 4.87. The topological polar surface area (TPSA) is 67.8 Å². The Morgan fingerprint density at radius 3 is 2.68 bits per heavy atom. The van der Waals surface area contributed by atoms with E-state index < -0.39 is 24.5 Å². The fraction of sp³-hybridized carbons (Fsp3) is 0.300. The van der Waals surface area contributed by atoms with Crippen LogP contribution in [0.5, 0.6) is 5.75 Å². The SMILES string of the molecule is N/C(=N/O)C(COc1cc(Br)ccc1Cl)C(F)(F)F. The molecule has 0 heterocycles. The molecule has 0 radical (unpaired) electrons. The third-order valence-corrected chi connectivity index (χ3v) is 2.97. The Bertz CT molecular complexity index is 482. The van der Waals surface area contributed by atoms with Crippen molar-refractivity contribution in [1.82, 2.24) is 0 Å². The van der Waals surface area contributed by atoms with Crippen LogP contribution in [-0.2, 0) is 0 Å². The van der Waals surface area contributed by atoms with E-state index >= 15 is 0 Å². The lowest BCUT2D eigenvalue weighted by molar-refractivity contribution is -0.162. The summed E-state index contributed by atoms with van der Waals surface area (Å²) in [5, 5.41) is 10.9. The van der Waals surface area contributed by atoms with Crippen molar-refractivity contribution in [2.75, 3.05) is 6.61 Å². The molecule has 0 bridgehead atoms. The van der Waals surface area contributed by atoms with E-state index in [0.717, 1.165) is 0 Å². The van der Waals surface area contributed by atoms with Crippen LogP contribution in [0.3, 0.4) is 0 Å². The lowest BCUT2D eigenvalue weighted by Crippen LogP contribution is -2.40. The van der Waals surface area contributed by atoms with Gasteiger partial charge in [-0.3, -0.25) is 0 Å². The first kappa shape index (κ1) is 15.9. The Kier molecular flexibility index (Phi) is 5.30. The molecule has 1 unspecified atom stereocenters. The van der Waals surface area contributed by atoms with Crippen molar-refractivity contribution in [1.29, 1.82) is 0 Å². The van der Waals surface area contributed by atoms with Gasteiger partial charge in [-0.2, -0.15) is 13.2 Å². The molecule has 1 aromatic carbocycles. The maximum atomic E-state index is 12.6. The first-order chi connectivity index (χ1) is 8.75. The van der Waals surface area contributed by atoms with Gasteiger partial charge < -0.3 is 15.7 Å². The molecule has 0 spiro atoms. The molecule has 1 atom stereocenters. The van der Waals surface area contributed by atoms with E-state index in [0.29, 0.717) is 4.47 Å². The predicted octanol–water partition coefficient (Wildman–Crippen LogP) is 3.41. The summed E-state index contributed by atoms with van der Waals surface area (Å²) in [6.45, 7) is -0.838. The van der Waals surface area contributed by atoms with Crippen LogP contribution in [0.1, 0.15) is 0 Å². The molecule has 4 nitrogen and oxygen atoms in total. The normalized spacial score (nSPS) is 14.3. The van der Waals surface area contributed by atoms with Crippen LogP contribution in [-0.4, -0.2) is 23.8 Å². The highest BCUT2D eigenvalue weighted by Gasteiger charge is 2.43. The van der Waals surface area contributed by atoms with E-state index in [1.165, 1.54) is 12.1 Å². The molecule has 0 amide bonds. The molecule has 19 heavy (non-hydrogen) atoms. The van der Waals surface area contributed by atoms with Crippen molar-refractivity contribution in [2.24, 2.45) is 16.8 Å². The van der Waals surface area contributed by atoms with Crippen LogP contribution in [0.15, 0.2) is 27.8 Å². The van der Waals surface area contributed by atoms with Gasteiger partial charge in [-0.1, -0.05) is 32.7 Å². The number of rotatable bonds is 4. The summed E-state index contributed by atoms with van der Waals surface area (Å²) in [4.78, 5) is 0. The monoisotopic (exact) mass is 360 g/mol. The van der Waals surface area contributed by atoms with Gasteiger partial charge in [-0.25, -0.2) is 0 Å². The number of hydrogen-bond acceptors (Lipinski definition) is 3. The summed E-state index contributed by atoms with van der Waals surface area (Å²) in [5.74, 6) is -3.12. The molecule has 0 aromatic heterocycles. The van der Waals surface area contributed by atoms with E-state index in [1.54, 1.807) is 6.07 Å². The predicted molar refractivity (Wildman–Crippen MR) is 67.6 cm³/mol. The van der Waals surface area contributed by atoms with Crippen LogP contribution in [0.4, 0.5) is 13.2 Å². The van der Waals surface area contributed by atoms with Gasteiger partial charge >= 0.3 is 6.18 Å². The molecular weight excluding hydrogens is 352 g/mol. The van der Waals surface area contributed by atoms with E-state index in [1.807, 2.05) is 0 Å². The van der Waals surface area contributed by atoms with E-state index in [-0.39, 0.29) is 10.8 Å². The van der Waals surface area contributed by atoms with Gasteiger partial charge in [0.15, 0.2) is 5.84 Å². The fourth-order valence-corrected chi connectivity index (χ4v) is 1.69. The summed E-state index contributed by atoms with van der Waals surface area (Å²) in [5.41, 5.74) is 4.99. The van der Waals surface area contributed by atoms with Crippen LogP contribution in [0.25, 0.3) is 0 Å². The standard InChI is InChI=1S/C10H9BrClF3N2O2/c11-5-1-2-7(12)8(3-5)19-4-6(9(16)17-18)10(13,14)15/h1-3,6,18H,4H2,(H2,16,17). The maximum absolute atomic E-state index is 12.6. The van der Waals surface area contributed by atoms with Gasteiger partial charge in [0.2, 0.25) is 0 Å². The fourth-order valence-electron chi connectivity index (χ4n) is 1.18. The Labute approximate surface area is 120 Å². The number of hydrogen-bond donors (Lipinski definition) is 2. The quantitative estimate of drug-likeness (QED) is 0.374. The summed E-state index contributed by atoms with van der Waals surface area (Å²) >= 11 is 8.91. The van der Waals surface area contributed by atoms with Crippen LogP contribution >= 0.6 is 27.5 Å². The number of oxime groups is 1. The second-order valence-corrected chi connectivity index (χ2v) is 4.83. The van der Waals surface area contributed by atoms with Gasteiger partial charge in [0.05, 0.1) is 5.02 Å². The van der Waals surface area contributed by atoms with E-state index in [9.17, 15) is 13.2 Å². The molecule has 0 aliphatic heterocycles. The summed E-state index contributed by atoms with van der Waals surface area (Å²) in [6.07, 6.45) is -4.69. The zero-order valence-corrected chi connectivity index (χ0v) is 11.6. The van der Waals surface area contributed by atoms with Crippen LogP contribution < -0.4 is 10.5 Å². The number of halogens is 5. The first-order valence-corrected chi connectivity index (χ1v) is 6.04. The number of ether oxygens (including phenoxy) is 1. The Hall–Kier alpha value is -1.15. The Balaban J connectivity index is 2.85. The van der Waals surface area contributed by atoms with Gasteiger partial charge in [-0.05, 0) is 18.2 Å². The average Bonchev–Trinajstić information content (AvgIpc) is 2.31. The highest BCUT2D eigenvalue weighted by molar-refractivity contribution is 9.10. The lowest BCUT2D eigenvalue weighted by Gasteiger charge is -2.19. The van der Waals surface area contributed by atoms with Gasteiger partial charge in [-0.15, -0.1) is 0 Å².